The molecule has 70 valence electrons. The van der Waals surface area contributed by atoms with Gasteiger partial charge in [0.2, 0.25) is 0 Å². The smallest absolute Gasteiger partial charge is 0.312 e. The van der Waals surface area contributed by atoms with Crippen molar-refractivity contribution >= 4 is 6.03 Å². The molecule has 0 radical (unpaired) electrons. The topological polar surface area (TPSA) is 75.3 Å². The van der Waals surface area contributed by atoms with Crippen LogP contribution in [0.4, 0.5) is 4.79 Å². The number of hydrogen-bond acceptors (Lipinski definition) is 2. The van der Waals surface area contributed by atoms with Crippen LogP contribution in [0.3, 0.4) is 0 Å². The quantitative estimate of drug-likeness (QED) is 0.556. The van der Waals surface area contributed by atoms with E-state index in [-0.39, 0.29) is 18.1 Å². The van der Waals surface area contributed by atoms with Crippen LogP contribution in [0.2, 0.25) is 0 Å². The summed E-state index contributed by atoms with van der Waals surface area (Å²) in [6, 6.07) is -0.457. The third-order valence-electron chi connectivity index (χ3n) is 2.76. The first-order chi connectivity index (χ1) is 5.58. The van der Waals surface area contributed by atoms with Crippen molar-refractivity contribution in [2.75, 3.05) is 6.61 Å². The van der Waals surface area contributed by atoms with Crippen LogP contribution in [0.5, 0.6) is 0 Å². The minimum absolute atomic E-state index is 0.0417. The molecule has 0 aliphatic heterocycles. The van der Waals surface area contributed by atoms with Crippen LogP contribution < -0.4 is 11.1 Å². The lowest BCUT2D eigenvalue weighted by Gasteiger charge is -2.29. The monoisotopic (exact) mass is 172 g/mol. The molecule has 0 aromatic rings. The summed E-state index contributed by atoms with van der Waals surface area (Å²) in [6.07, 6.45) is 2.91. The maximum absolute atomic E-state index is 10.6. The van der Waals surface area contributed by atoms with Crippen molar-refractivity contribution < 1.29 is 9.90 Å². The van der Waals surface area contributed by atoms with E-state index in [1.54, 1.807) is 0 Å². The van der Waals surface area contributed by atoms with Gasteiger partial charge >= 0.3 is 6.03 Å². The number of primary amides is 1. The molecule has 1 rings (SSSR count). The number of amides is 2. The summed E-state index contributed by atoms with van der Waals surface area (Å²) in [5.74, 6) is 0. The number of carbonyl (C=O) groups is 1. The molecule has 0 saturated heterocycles. The van der Waals surface area contributed by atoms with E-state index in [0.29, 0.717) is 0 Å². The number of aliphatic hydroxyl groups excluding tert-OH is 1. The summed E-state index contributed by atoms with van der Waals surface area (Å²) in [4.78, 5) is 10.6. The molecule has 4 heteroatoms. The first-order valence-corrected chi connectivity index (χ1v) is 4.25. The summed E-state index contributed by atoms with van der Waals surface area (Å²) < 4.78 is 0. The van der Waals surface area contributed by atoms with E-state index in [9.17, 15) is 4.79 Å². The van der Waals surface area contributed by atoms with Crippen LogP contribution in [0.1, 0.15) is 26.2 Å². The van der Waals surface area contributed by atoms with Gasteiger partial charge in [-0.15, -0.1) is 0 Å². The largest absolute Gasteiger partial charge is 0.396 e. The van der Waals surface area contributed by atoms with Crippen LogP contribution in [0, 0.1) is 5.41 Å². The maximum atomic E-state index is 10.6. The fourth-order valence-corrected chi connectivity index (χ4v) is 1.84. The molecule has 0 heterocycles. The van der Waals surface area contributed by atoms with Crippen LogP contribution in [-0.2, 0) is 0 Å². The molecule has 2 unspecified atom stereocenters. The molecule has 12 heavy (non-hydrogen) atoms. The molecule has 0 spiro atoms. The van der Waals surface area contributed by atoms with Gasteiger partial charge in [0, 0.05) is 11.5 Å². The van der Waals surface area contributed by atoms with Crippen molar-refractivity contribution in [2.45, 2.75) is 32.2 Å². The van der Waals surface area contributed by atoms with Gasteiger partial charge in [0.15, 0.2) is 0 Å². The highest BCUT2D eigenvalue weighted by Gasteiger charge is 2.38. The summed E-state index contributed by atoms with van der Waals surface area (Å²) in [5.41, 5.74) is 4.84. The van der Waals surface area contributed by atoms with Crippen LogP contribution >= 0.6 is 0 Å². The highest BCUT2D eigenvalue weighted by molar-refractivity contribution is 5.72. The molecular formula is C8H16N2O2. The molecule has 0 aromatic heterocycles. The Balaban J connectivity index is 2.57. The Hall–Kier alpha value is -0.770. The fraction of sp³-hybridized carbons (Fsp3) is 0.875. The average Bonchev–Trinajstić information content (AvgIpc) is 2.33. The maximum Gasteiger partial charge on any atom is 0.312 e. The van der Waals surface area contributed by atoms with Crippen molar-refractivity contribution in [3.05, 3.63) is 0 Å². The summed E-state index contributed by atoms with van der Waals surface area (Å²) in [6.45, 7) is 2.08. The van der Waals surface area contributed by atoms with Gasteiger partial charge in [0.05, 0.1) is 6.61 Å². The van der Waals surface area contributed by atoms with Gasteiger partial charge in [-0.05, 0) is 12.8 Å². The molecule has 0 aromatic carbocycles. The minimum Gasteiger partial charge on any atom is -0.396 e. The second-order valence-corrected chi connectivity index (χ2v) is 3.77. The van der Waals surface area contributed by atoms with Crippen LogP contribution in [-0.4, -0.2) is 23.8 Å². The van der Waals surface area contributed by atoms with Crippen molar-refractivity contribution in [3.63, 3.8) is 0 Å². The number of rotatable bonds is 2. The zero-order chi connectivity index (χ0) is 9.19. The van der Waals surface area contributed by atoms with Crippen molar-refractivity contribution in [1.82, 2.24) is 5.32 Å². The molecule has 2 amide bonds. The highest BCUT2D eigenvalue weighted by Crippen LogP contribution is 2.37. The van der Waals surface area contributed by atoms with E-state index in [4.69, 9.17) is 10.8 Å². The van der Waals surface area contributed by atoms with Crippen molar-refractivity contribution in [3.8, 4) is 0 Å². The molecule has 1 saturated carbocycles. The molecule has 4 nitrogen and oxygen atoms in total. The molecule has 1 aliphatic rings. The number of nitrogens with two attached hydrogens (primary N) is 1. The number of aliphatic hydroxyl groups is 1. The Morgan fingerprint density at radius 1 is 1.83 bits per heavy atom. The third-order valence-corrected chi connectivity index (χ3v) is 2.76. The van der Waals surface area contributed by atoms with Gasteiger partial charge in [-0.25, -0.2) is 4.79 Å². The van der Waals surface area contributed by atoms with Gasteiger partial charge in [-0.3, -0.25) is 0 Å². The fourth-order valence-electron chi connectivity index (χ4n) is 1.84. The Kier molecular flexibility index (Phi) is 2.57. The van der Waals surface area contributed by atoms with Gasteiger partial charge in [0.25, 0.3) is 0 Å². The number of hydrogen-bond donors (Lipinski definition) is 3. The molecule has 2 atom stereocenters. The second kappa shape index (κ2) is 3.31. The van der Waals surface area contributed by atoms with E-state index in [0.717, 1.165) is 19.3 Å². The summed E-state index contributed by atoms with van der Waals surface area (Å²) in [5, 5.41) is 11.8. The number of nitrogens with one attached hydrogen (secondary N) is 1. The SMILES string of the molecule is CC1(CO)CCCC1NC(N)=O. The van der Waals surface area contributed by atoms with Gasteiger partial charge in [-0.2, -0.15) is 0 Å². The van der Waals surface area contributed by atoms with E-state index in [2.05, 4.69) is 5.32 Å². The highest BCUT2D eigenvalue weighted by atomic mass is 16.3. The van der Waals surface area contributed by atoms with Crippen LogP contribution in [0.15, 0.2) is 0 Å². The van der Waals surface area contributed by atoms with Gasteiger partial charge in [-0.1, -0.05) is 13.3 Å². The van der Waals surface area contributed by atoms with Crippen molar-refractivity contribution in [2.24, 2.45) is 11.1 Å². The molecular weight excluding hydrogens is 156 g/mol. The predicted octanol–water partition coefficient (Wildman–Crippen LogP) is 0.206. The summed E-state index contributed by atoms with van der Waals surface area (Å²) >= 11 is 0. The zero-order valence-corrected chi connectivity index (χ0v) is 7.34. The zero-order valence-electron chi connectivity index (χ0n) is 7.34. The van der Waals surface area contributed by atoms with Gasteiger partial charge in [0.1, 0.15) is 0 Å². The lowest BCUT2D eigenvalue weighted by Crippen LogP contribution is -2.46. The standard InChI is InChI=1S/C8H16N2O2/c1-8(5-11)4-2-3-6(8)10-7(9)12/h6,11H,2-5H2,1H3,(H3,9,10,12). The van der Waals surface area contributed by atoms with E-state index in [1.165, 1.54) is 0 Å². The number of urea groups is 1. The Labute approximate surface area is 72.1 Å². The normalized spacial score (nSPS) is 35.0. The van der Waals surface area contributed by atoms with E-state index in [1.807, 2.05) is 6.92 Å². The molecule has 4 N–H and O–H groups in total. The molecule has 1 fully saturated rings. The lowest BCUT2D eigenvalue weighted by molar-refractivity contribution is 0.122. The first kappa shape index (κ1) is 9.32. The van der Waals surface area contributed by atoms with Crippen molar-refractivity contribution in [1.29, 1.82) is 0 Å². The Morgan fingerprint density at radius 3 is 3.00 bits per heavy atom. The lowest BCUT2D eigenvalue weighted by atomic mass is 9.86. The first-order valence-electron chi connectivity index (χ1n) is 4.25. The number of carbonyl (C=O) groups excluding carboxylic acids is 1. The summed E-state index contributed by atoms with van der Waals surface area (Å²) in [7, 11) is 0. The Morgan fingerprint density at radius 2 is 2.50 bits per heavy atom. The average molecular weight is 172 g/mol. The van der Waals surface area contributed by atoms with E-state index >= 15 is 0 Å². The van der Waals surface area contributed by atoms with E-state index < -0.39 is 6.03 Å². The molecule has 1 aliphatic carbocycles. The predicted molar refractivity (Wildman–Crippen MR) is 45.6 cm³/mol. The Bertz CT molecular complexity index is 184. The van der Waals surface area contributed by atoms with Crippen LogP contribution in [0.25, 0.3) is 0 Å². The minimum atomic E-state index is -0.499. The van der Waals surface area contributed by atoms with Gasteiger partial charge < -0.3 is 16.2 Å². The third kappa shape index (κ3) is 1.69. The second-order valence-electron chi connectivity index (χ2n) is 3.77. The molecule has 0 bridgehead atoms.